The van der Waals surface area contributed by atoms with E-state index >= 15 is 0 Å². The lowest BCUT2D eigenvalue weighted by Gasteiger charge is -2.28. The number of amides is 1. The summed E-state index contributed by atoms with van der Waals surface area (Å²) < 4.78 is 1.02. The molecule has 0 aliphatic carbocycles. The van der Waals surface area contributed by atoms with E-state index in [1.54, 1.807) is 5.01 Å². The number of para-hydroxylation sites is 2. The molecule has 1 fully saturated rings. The van der Waals surface area contributed by atoms with Gasteiger partial charge in [0.1, 0.15) is 11.9 Å². The van der Waals surface area contributed by atoms with Crippen molar-refractivity contribution in [2.75, 3.05) is 19.6 Å². The molecule has 1 aromatic heterocycles. The van der Waals surface area contributed by atoms with Crippen LogP contribution >= 0.6 is 15.9 Å². The van der Waals surface area contributed by atoms with E-state index in [1.165, 1.54) is 6.42 Å². The molecule has 3 aromatic rings. The first-order valence-electron chi connectivity index (χ1n) is 10.5. The Morgan fingerprint density at radius 2 is 1.83 bits per heavy atom. The van der Waals surface area contributed by atoms with E-state index in [0.29, 0.717) is 13.0 Å². The summed E-state index contributed by atoms with van der Waals surface area (Å²) in [5, 5.41) is 6.44. The molecule has 154 valence electrons. The molecule has 7 heteroatoms. The highest BCUT2D eigenvalue weighted by atomic mass is 79.9. The van der Waals surface area contributed by atoms with Crippen LogP contribution in [0.2, 0.25) is 0 Å². The van der Waals surface area contributed by atoms with Gasteiger partial charge in [-0.2, -0.15) is 5.10 Å². The van der Waals surface area contributed by atoms with Crippen LogP contribution in [0.5, 0.6) is 0 Å². The van der Waals surface area contributed by atoms with Crippen LogP contribution in [0.1, 0.15) is 43.1 Å². The molecule has 0 saturated carbocycles. The molecule has 6 nitrogen and oxygen atoms in total. The average molecular weight is 466 g/mol. The van der Waals surface area contributed by atoms with Crippen LogP contribution in [-0.2, 0) is 4.79 Å². The monoisotopic (exact) mass is 465 g/mol. The zero-order valence-corrected chi connectivity index (χ0v) is 18.3. The highest BCUT2D eigenvalue weighted by Crippen LogP contribution is 2.33. The Kier molecular flexibility index (Phi) is 5.39. The minimum Gasteiger partial charge on any atom is -0.340 e. The Bertz CT molecular complexity index is 1050. The van der Waals surface area contributed by atoms with E-state index in [4.69, 9.17) is 10.1 Å². The molecule has 0 radical (unpaired) electrons. The van der Waals surface area contributed by atoms with Crippen molar-refractivity contribution in [1.82, 2.24) is 19.9 Å². The lowest BCUT2D eigenvalue weighted by Crippen LogP contribution is -2.40. The number of aromatic amines is 1. The van der Waals surface area contributed by atoms with Gasteiger partial charge in [0, 0.05) is 10.9 Å². The molecule has 5 rings (SSSR count). The molecule has 0 spiro atoms. The van der Waals surface area contributed by atoms with Gasteiger partial charge in [-0.05, 0) is 55.8 Å². The van der Waals surface area contributed by atoms with Crippen molar-refractivity contribution in [2.45, 2.75) is 31.7 Å². The fourth-order valence-corrected chi connectivity index (χ4v) is 4.55. The van der Waals surface area contributed by atoms with Crippen molar-refractivity contribution in [3.8, 4) is 0 Å². The molecule has 1 atom stereocenters. The lowest BCUT2D eigenvalue weighted by atomic mass is 10.0. The molecule has 1 unspecified atom stereocenters. The van der Waals surface area contributed by atoms with Crippen LogP contribution in [0.3, 0.4) is 0 Å². The maximum atomic E-state index is 13.3. The van der Waals surface area contributed by atoms with E-state index < -0.39 is 0 Å². The first-order chi connectivity index (χ1) is 14.7. The number of rotatable bonds is 4. The highest BCUT2D eigenvalue weighted by molar-refractivity contribution is 9.10. The Hall–Kier alpha value is -2.51. The molecule has 3 heterocycles. The van der Waals surface area contributed by atoms with Gasteiger partial charge in [0.25, 0.3) is 5.91 Å². The second-order valence-corrected chi connectivity index (χ2v) is 8.90. The van der Waals surface area contributed by atoms with Gasteiger partial charge in [0.05, 0.1) is 23.3 Å². The van der Waals surface area contributed by atoms with E-state index in [0.717, 1.165) is 58.5 Å². The summed E-state index contributed by atoms with van der Waals surface area (Å²) in [6.45, 7) is 2.38. The third kappa shape index (κ3) is 3.91. The fourth-order valence-electron chi connectivity index (χ4n) is 4.28. The maximum absolute atomic E-state index is 13.3. The van der Waals surface area contributed by atoms with Crippen molar-refractivity contribution >= 4 is 38.6 Å². The van der Waals surface area contributed by atoms with Crippen molar-refractivity contribution in [3.05, 3.63) is 64.4 Å². The summed E-state index contributed by atoms with van der Waals surface area (Å²) in [4.78, 5) is 23.7. The van der Waals surface area contributed by atoms with E-state index in [-0.39, 0.29) is 11.9 Å². The molecular formula is C23H24BrN5O. The standard InChI is InChI=1S/C23H24BrN5O/c24-17-10-8-16(9-11-17)20-14-21(23-25-18-6-2-3-7-19(18)26-23)29(27-20)22(30)15-28-12-4-1-5-13-28/h2-3,6-11,21H,1,4-5,12-15H2,(H,25,26). The van der Waals surface area contributed by atoms with Crippen molar-refractivity contribution in [1.29, 1.82) is 0 Å². The number of benzene rings is 2. The number of halogens is 1. The number of nitrogens with zero attached hydrogens (tertiary/aromatic N) is 4. The Labute approximate surface area is 184 Å². The number of carbonyl (C=O) groups is 1. The van der Waals surface area contributed by atoms with E-state index in [1.807, 2.05) is 48.5 Å². The summed E-state index contributed by atoms with van der Waals surface area (Å²) in [5.74, 6) is 0.827. The van der Waals surface area contributed by atoms with Gasteiger partial charge in [0.2, 0.25) is 0 Å². The predicted molar refractivity (Wildman–Crippen MR) is 121 cm³/mol. The normalized spacial score (nSPS) is 20.0. The summed E-state index contributed by atoms with van der Waals surface area (Å²) in [7, 11) is 0. The molecular weight excluding hydrogens is 442 g/mol. The summed E-state index contributed by atoms with van der Waals surface area (Å²) >= 11 is 3.49. The number of likely N-dealkylation sites (tertiary alicyclic amines) is 1. The van der Waals surface area contributed by atoms with Crippen LogP contribution in [-0.4, -0.2) is 51.1 Å². The minimum atomic E-state index is -0.215. The van der Waals surface area contributed by atoms with Gasteiger partial charge in [-0.25, -0.2) is 9.99 Å². The van der Waals surface area contributed by atoms with E-state index in [2.05, 4.69) is 25.8 Å². The molecule has 2 aliphatic rings. The molecule has 1 saturated heterocycles. The smallest absolute Gasteiger partial charge is 0.257 e. The number of hydrazone groups is 1. The van der Waals surface area contributed by atoms with Crippen molar-refractivity contribution in [2.24, 2.45) is 5.10 Å². The Morgan fingerprint density at radius 3 is 2.60 bits per heavy atom. The third-order valence-electron chi connectivity index (χ3n) is 5.87. The number of hydrogen-bond acceptors (Lipinski definition) is 4. The van der Waals surface area contributed by atoms with Crippen LogP contribution in [0.4, 0.5) is 0 Å². The van der Waals surface area contributed by atoms with Gasteiger partial charge >= 0.3 is 0 Å². The van der Waals surface area contributed by atoms with Crippen LogP contribution in [0, 0.1) is 0 Å². The van der Waals surface area contributed by atoms with Crippen molar-refractivity contribution < 1.29 is 4.79 Å². The number of nitrogens with one attached hydrogen (secondary N) is 1. The number of piperidine rings is 1. The number of imidazole rings is 1. The number of aromatic nitrogens is 2. The molecule has 2 aromatic carbocycles. The zero-order chi connectivity index (χ0) is 20.5. The number of hydrogen-bond donors (Lipinski definition) is 1. The minimum absolute atomic E-state index is 0.0365. The lowest BCUT2D eigenvalue weighted by molar-refractivity contribution is -0.134. The highest BCUT2D eigenvalue weighted by Gasteiger charge is 2.35. The quantitative estimate of drug-likeness (QED) is 0.617. The van der Waals surface area contributed by atoms with Gasteiger partial charge < -0.3 is 4.98 Å². The SMILES string of the molecule is O=C(CN1CCCCC1)N1N=C(c2ccc(Br)cc2)CC1c1nc2ccccc2[nH]1. The Morgan fingerprint density at radius 1 is 1.07 bits per heavy atom. The predicted octanol–water partition coefficient (Wildman–Crippen LogP) is 4.49. The van der Waals surface area contributed by atoms with Crippen molar-refractivity contribution in [3.63, 3.8) is 0 Å². The summed E-state index contributed by atoms with van der Waals surface area (Å²) in [6.07, 6.45) is 4.22. The third-order valence-corrected chi connectivity index (χ3v) is 6.40. The second kappa shape index (κ2) is 8.32. The number of carbonyl (C=O) groups excluding carboxylic acids is 1. The molecule has 1 amide bonds. The Balaban J connectivity index is 1.45. The molecule has 0 bridgehead atoms. The van der Waals surface area contributed by atoms with Gasteiger partial charge in [-0.15, -0.1) is 0 Å². The van der Waals surface area contributed by atoms with Gasteiger partial charge in [-0.1, -0.05) is 46.6 Å². The van der Waals surface area contributed by atoms with Crippen LogP contribution in [0.15, 0.2) is 58.1 Å². The topological polar surface area (TPSA) is 64.6 Å². The maximum Gasteiger partial charge on any atom is 0.257 e. The van der Waals surface area contributed by atoms with Crippen LogP contribution in [0.25, 0.3) is 11.0 Å². The van der Waals surface area contributed by atoms with Crippen LogP contribution < -0.4 is 0 Å². The largest absolute Gasteiger partial charge is 0.340 e. The fraction of sp³-hybridized carbons (Fsp3) is 0.348. The number of H-pyrrole nitrogens is 1. The molecule has 30 heavy (non-hydrogen) atoms. The van der Waals surface area contributed by atoms with Gasteiger partial charge in [-0.3, -0.25) is 9.69 Å². The first kappa shape index (κ1) is 19.5. The summed E-state index contributed by atoms with van der Waals surface area (Å²) in [6, 6.07) is 15.8. The number of fused-ring (bicyclic) bond motifs is 1. The first-order valence-corrected chi connectivity index (χ1v) is 11.3. The molecule has 2 aliphatic heterocycles. The van der Waals surface area contributed by atoms with Gasteiger partial charge in [0.15, 0.2) is 0 Å². The zero-order valence-electron chi connectivity index (χ0n) is 16.7. The van der Waals surface area contributed by atoms with E-state index in [9.17, 15) is 4.79 Å². The summed E-state index contributed by atoms with van der Waals surface area (Å²) in [5.41, 5.74) is 3.84. The average Bonchev–Trinajstić information content (AvgIpc) is 3.39. The second-order valence-electron chi connectivity index (χ2n) is 7.99. The molecule has 1 N–H and O–H groups in total.